The average Bonchev–Trinajstić information content (AvgIpc) is 3.09. The van der Waals surface area contributed by atoms with Crippen LogP contribution in [0.3, 0.4) is 0 Å². The Kier molecular flexibility index (Phi) is 6.43. The van der Waals surface area contributed by atoms with Crippen molar-refractivity contribution in [3.8, 4) is 0 Å². The minimum atomic E-state index is -0.244. The van der Waals surface area contributed by atoms with E-state index >= 15 is 0 Å². The molecule has 0 heterocycles. The third kappa shape index (κ3) is 3.88. The summed E-state index contributed by atoms with van der Waals surface area (Å²) >= 11 is 0. The maximum absolute atomic E-state index is 12.7. The zero-order valence-corrected chi connectivity index (χ0v) is 20.0. The molecule has 3 fully saturated rings. The van der Waals surface area contributed by atoms with Gasteiger partial charge >= 0.3 is 17.9 Å². The third-order valence-corrected chi connectivity index (χ3v) is 9.22. The van der Waals surface area contributed by atoms with Crippen LogP contribution in [0.25, 0.3) is 0 Å². The molecule has 0 aromatic carbocycles. The van der Waals surface area contributed by atoms with Crippen molar-refractivity contribution in [1.82, 2.24) is 0 Å². The molecule has 6 nitrogen and oxygen atoms in total. The molecule has 0 amide bonds. The average molecular weight is 447 g/mol. The molecule has 0 aromatic heterocycles. The Morgan fingerprint density at radius 2 is 1.78 bits per heavy atom. The molecule has 0 saturated heterocycles. The molecule has 4 aliphatic rings. The van der Waals surface area contributed by atoms with Gasteiger partial charge in [0.25, 0.3) is 0 Å². The maximum Gasteiger partial charge on any atom is 0.309 e. The predicted molar refractivity (Wildman–Crippen MR) is 118 cm³/mol. The van der Waals surface area contributed by atoms with Crippen molar-refractivity contribution in [3.63, 3.8) is 0 Å². The number of esters is 3. The lowest BCUT2D eigenvalue weighted by molar-refractivity contribution is -0.160. The fraction of sp³-hybridized carbons (Fsp3) is 0.808. The van der Waals surface area contributed by atoms with Crippen molar-refractivity contribution in [2.24, 2.45) is 34.5 Å². The Morgan fingerprint density at radius 3 is 2.47 bits per heavy atom. The maximum atomic E-state index is 12.7. The number of allylic oxidation sites excluding steroid dienone is 1. The second-order valence-electron chi connectivity index (χ2n) is 10.7. The van der Waals surface area contributed by atoms with E-state index in [1.807, 2.05) is 6.92 Å². The SMILES string of the molecule is CCOC(=O)[C@H]1CC[C@H]2[C@@H]3CC=C4C[C@@H](OC(C)=O)CC[C@]4(COC(C)=O)[C@H]3CC[C@]12C. The summed E-state index contributed by atoms with van der Waals surface area (Å²) in [7, 11) is 0. The molecular formula is C26H38O6. The van der Waals surface area contributed by atoms with E-state index in [2.05, 4.69) is 13.0 Å². The van der Waals surface area contributed by atoms with E-state index in [0.29, 0.717) is 31.0 Å². The Bertz CT molecular complexity index is 802. The van der Waals surface area contributed by atoms with Crippen molar-refractivity contribution >= 4 is 17.9 Å². The summed E-state index contributed by atoms with van der Waals surface area (Å²) in [6.45, 7) is 7.97. The highest BCUT2D eigenvalue weighted by molar-refractivity contribution is 5.74. The lowest BCUT2D eigenvalue weighted by atomic mass is 9.47. The molecule has 0 N–H and O–H groups in total. The summed E-state index contributed by atoms with van der Waals surface area (Å²) in [5, 5.41) is 0. The van der Waals surface area contributed by atoms with Crippen LogP contribution >= 0.6 is 0 Å². The molecule has 32 heavy (non-hydrogen) atoms. The van der Waals surface area contributed by atoms with Crippen LogP contribution in [0.15, 0.2) is 11.6 Å². The van der Waals surface area contributed by atoms with E-state index in [0.717, 1.165) is 51.4 Å². The van der Waals surface area contributed by atoms with Gasteiger partial charge in [-0.05, 0) is 75.0 Å². The van der Waals surface area contributed by atoms with Gasteiger partial charge in [0, 0.05) is 25.7 Å². The Morgan fingerprint density at radius 1 is 1.00 bits per heavy atom. The molecule has 178 valence electrons. The molecule has 3 saturated carbocycles. The summed E-state index contributed by atoms with van der Waals surface area (Å²) in [5.41, 5.74) is 1.12. The summed E-state index contributed by atoms with van der Waals surface area (Å²) < 4.78 is 16.7. The monoisotopic (exact) mass is 446 g/mol. The first-order valence-corrected chi connectivity index (χ1v) is 12.4. The fourth-order valence-electron chi connectivity index (χ4n) is 7.89. The van der Waals surface area contributed by atoms with Crippen LogP contribution in [0.2, 0.25) is 0 Å². The van der Waals surface area contributed by atoms with Crippen LogP contribution in [-0.4, -0.2) is 37.2 Å². The summed E-state index contributed by atoms with van der Waals surface area (Å²) in [6.07, 6.45) is 9.66. The number of hydrogen-bond acceptors (Lipinski definition) is 6. The Labute approximate surface area is 191 Å². The first kappa shape index (κ1) is 23.3. The minimum absolute atomic E-state index is 0.0112. The quantitative estimate of drug-likeness (QED) is 0.349. The van der Waals surface area contributed by atoms with Gasteiger partial charge in [0.2, 0.25) is 0 Å². The lowest BCUT2D eigenvalue weighted by Crippen LogP contribution is -2.54. The number of fused-ring (bicyclic) bond motifs is 5. The van der Waals surface area contributed by atoms with Gasteiger partial charge in [0.05, 0.1) is 12.5 Å². The molecular weight excluding hydrogens is 408 g/mol. The number of carbonyl (C=O) groups excluding carboxylic acids is 3. The number of carbonyl (C=O) groups is 3. The first-order chi connectivity index (χ1) is 15.2. The molecule has 0 aliphatic heterocycles. The fourth-order valence-corrected chi connectivity index (χ4v) is 7.89. The van der Waals surface area contributed by atoms with E-state index in [1.54, 1.807) is 0 Å². The second-order valence-corrected chi connectivity index (χ2v) is 10.7. The Hall–Kier alpha value is -1.85. The standard InChI is InChI=1S/C26H38O6/c1-5-30-24(29)23-9-8-21-20-7-6-18-14-19(32-17(3)28)10-13-26(18,15-31-16(2)27)22(20)11-12-25(21,23)4/h6,19-23H,5,7-15H2,1-4H3/t19-,20-,21-,22-,23+,25-,26+/m0/s1. The molecule has 0 bridgehead atoms. The van der Waals surface area contributed by atoms with Crippen LogP contribution in [0, 0.1) is 34.5 Å². The zero-order valence-electron chi connectivity index (χ0n) is 20.0. The number of rotatable bonds is 5. The van der Waals surface area contributed by atoms with E-state index in [1.165, 1.54) is 19.4 Å². The number of ether oxygens (including phenoxy) is 3. The van der Waals surface area contributed by atoms with Gasteiger partial charge in [-0.1, -0.05) is 18.6 Å². The van der Waals surface area contributed by atoms with Crippen LogP contribution in [0.1, 0.15) is 79.1 Å². The van der Waals surface area contributed by atoms with Crippen molar-refractivity contribution in [3.05, 3.63) is 11.6 Å². The van der Waals surface area contributed by atoms with Crippen LogP contribution in [0.5, 0.6) is 0 Å². The van der Waals surface area contributed by atoms with Crippen molar-refractivity contribution < 1.29 is 28.6 Å². The molecule has 7 atom stereocenters. The topological polar surface area (TPSA) is 78.9 Å². The van der Waals surface area contributed by atoms with Crippen LogP contribution in [-0.2, 0) is 28.6 Å². The van der Waals surface area contributed by atoms with Crippen molar-refractivity contribution in [2.75, 3.05) is 13.2 Å². The van der Waals surface area contributed by atoms with E-state index in [-0.39, 0.29) is 40.8 Å². The van der Waals surface area contributed by atoms with Crippen molar-refractivity contribution in [1.29, 1.82) is 0 Å². The van der Waals surface area contributed by atoms with E-state index in [9.17, 15) is 14.4 Å². The molecule has 0 aromatic rings. The van der Waals surface area contributed by atoms with E-state index in [4.69, 9.17) is 14.2 Å². The minimum Gasteiger partial charge on any atom is -0.466 e. The summed E-state index contributed by atoms with van der Waals surface area (Å²) in [6, 6.07) is 0. The van der Waals surface area contributed by atoms with Gasteiger partial charge < -0.3 is 14.2 Å². The third-order valence-electron chi connectivity index (χ3n) is 9.22. The van der Waals surface area contributed by atoms with Gasteiger partial charge in [-0.25, -0.2) is 0 Å². The van der Waals surface area contributed by atoms with Gasteiger partial charge in [-0.2, -0.15) is 0 Å². The van der Waals surface area contributed by atoms with Gasteiger partial charge in [-0.3, -0.25) is 14.4 Å². The lowest BCUT2D eigenvalue weighted by Gasteiger charge is -2.58. The molecule has 4 aliphatic carbocycles. The van der Waals surface area contributed by atoms with Crippen LogP contribution in [0.4, 0.5) is 0 Å². The second kappa shape index (κ2) is 8.83. The van der Waals surface area contributed by atoms with Crippen LogP contribution < -0.4 is 0 Å². The smallest absolute Gasteiger partial charge is 0.309 e. The molecule has 0 spiro atoms. The largest absolute Gasteiger partial charge is 0.466 e. The van der Waals surface area contributed by atoms with Crippen molar-refractivity contribution in [2.45, 2.75) is 85.2 Å². The molecule has 0 unspecified atom stereocenters. The number of hydrogen-bond donors (Lipinski definition) is 0. The highest BCUT2D eigenvalue weighted by atomic mass is 16.5. The molecule has 4 rings (SSSR count). The summed E-state index contributed by atoms with van der Waals surface area (Å²) in [5.74, 6) is 0.876. The molecule has 6 heteroatoms. The molecule has 0 radical (unpaired) electrons. The van der Waals surface area contributed by atoms with E-state index < -0.39 is 0 Å². The highest BCUT2D eigenvalue weighted by Crippen LogP contribution is 2.66. The van der Waals surface area contributed by atoms with Gasteiger partial charge in [0.1, 0.15) is 12.7 Å². The van der Waals surface area contributed by atoms with Gasteiger partial charge in [-0.15, -0.1) is 0 Å². The predicted octanol–water partition coefficient (Wildman–Crippen LogP) is 4.60. The zero-order chi connectivity index (χ0) is 23.1. The summed E-state index contributed by atoms with van der Waals surface area (Å²) in [4.78, 5) is 36.0. The normalized spacial score (nSPS) is 40.2. The first-order valence-electron chi connectivity index (χ1n) is 12.4. The highest BCUT2D eigenvalue weighted by Gasteiger charge is 2.61. The van der Waals surface area contributed by atoms with Gasteiger partial charge in [0.15, 0.2) is 0 Å². The Balaban J connectivity index is 1.62.